The number of aromatic nitrogens is 2. The maximum absolute atomic E-state index is 5.59. The Kier molecular flexibility index (Phi) is 4.66. The zero-order valence-electron chi connectivity index (χ0n) is 12.5. The second-order valence-electron chi connectivity index (χ2n) is 6.26. The molecule has 0 amide bonds. The molecule has 0 radical (unpaired) electrons. The summed E-state index contributed by atoms with van der Waals surface area (Å²) in [6.07, 6.45) is 5.04. The molecule has 0 aromatic carbocycles. The maximum Gasteiger partial charge on any atom is 0.232 e. The molecule has 4 nitrogen and oxygen atoms in total. The fraction of sp³-hybridized carbons (Fsp3) is 0.867. The van der Waals surface area contributed by atoms with E-state index in [1.54, 1.807) is 0 Å². The van der Waals surface area contributed by atoms with Crippen molar-refractivity contribution in [3.63, 3.8) is 0 Å². The van der Waals surface area contributed by atoms with Crippen LogP contribution in [0.5, 0.6) is 0 Å². The summed E-state index contributed by atoms with van der Waals surface area (Å²) in [4.78, 5) is 4.74. The van der Waals surface area contributed by atoms with Crippen molar-refractivity contribution >= 4 is 11.8 Å². The minimum atomic E-state index is 0.392. The van der Waals surface area contributed by atoms with Crippen LogP contribution in [0.25, 0.3) is 0 Å². The number of rotatable bonds is 4. The molecule has 2 heterocycles. The van der Waals surface area contributed by atoms with E-state index >= 15 is 0 Å². The van der Waals surface area contributed by atoms with Crippen LogP contribution in [0.4, 0.5) is 0 Å². The van der Waals surface area contributed by atoms with Crippen LogP contribution >= 0.6 is 11.8 Å². The molecular weight excluding hydrogens is 270 g/mol. The summed E-state index contributed by atoms with van der Waals surface area (Å²) in [6.45, 7) is 5.50. The molecule has 2 fully saturated rings. The summed E-state index contributed by atoms with van der Waals surface area (Å²) in [5, 5.41) is 7.82. The van der Waals surface area contributed by atoms with Crippen molar-refractivity contribution in [1.82, 2.24) is 15.5 Å². The predicted molar refractivity (Wildman–Crippen MR) is 82.2 cm³/mol. The molecule has 1 saturated carbocycles. The lowest BCUT2D eigenvalue weighted by Crippen LogP contribution is -2.34. The first kappa shape index (κ1) is 14.4. The van der Waals surface area contributed by atoms with Crippen LogP contribution in [0, 0.1) is 5.92 Å². The van der Waals surface area contributed by atoms with E-state index in [1.807, 2.05) is 11.8 Å². The topological polar surface area (TPSA) is 51.0 Å². The molecule has 1 aromatic heterocycles. The first-order chi connectivity index (χ1) is 9.78. The monoisotopic (exact) mass is 295 g/mol. The van der Waals surface area contributed by atoms with Crippen LogP contribution < -0.4 is 5.32 Å². The van der Waals surface area contributed by atoms with Gasteiger partial charge in [-0.25, -0.2) is 0 Å². The molecule has 20 heavy (non-hydrogen) atoms. The summed E-state index contributed by atoms with van der Waals surface area (Å²) in [5.41, 5.74) is 0. The van der Waals surface area contributed by atoms with E-state index in [0.717, 1.165) is 35.7 Å². The van der Waals surface area contributed by atoms with Crippen LogP contribution in [-0.4, -0.2) is 34.2 Å². The Bertz CT molecular complexity index is 429. The van der Waals surface area contributed by atoms with E-state index in [2.05, 4.69) is 24.3 Å². The van der Waals surface area contributed by atoms with Crippen molar-refractivity contribution < 1.29 is 4.52 Å². The first-order valence-corrected chi connectivity index (χ1v) is 9.08. The van der Waals surface area contributed by atoms with Crippen LogP contribution in [0.2, 0.25) is 0 Å². The second-order valence-corrected chi connectivity index (χ2v) is 7.33. The van der Waals surface area contributed by atoms with Gasteiger partial charge in [-0.05, 0) is 25.3 Å². The molecule has 2 unspecified atom stereocenters. The van der Waals surface area contributed by atoms with Crippen molar-refractivity contribution in [3.8, 4) is 0 Å². The Hall–Kier alpha value is -0.550. The van der Waals surface area contributed by atoms with E-state index in [9.17, 15) is 0 Å². The number of hydrogen-bond acceptors (Lipinski definition) is 5. The molecule has 2 atom stereocenters. The van der Waals surface area contributed by atoms with Gasteiger partial charge in [0.1, 0.15) is 0 Å². The third kappa shape index (κ3) is 3.03. The van der Waals surface area contributed by atoms with Crippen molar-refractivity contribution in [2.75, 3.05) is 18.1 Å². The number of thioether (sulfide) groups is 1. The van der Waals surface area contributed by atoms with E-state index in [0.29, 0.717) is 17.9 Å². The van der Waals surface area contributed by atoms with Gasteiger partial charge in [0.25, 0.3) is 0 Å². The van der Waals surface area contributed by atoms with Gasteiger partial charge in [-0.15, -0.1) is 0 Å². The molecule has 1 aromatic rings. The van der Waals surface area contributed by atoms with Crippen LogP contribution in [0.3, 0.4) is 0 Å². The highest BCUT2D eigenvalue weighted by molar-refractivity contribution is 7.99. The van der Waals surface area contributed by atoms with Crippen LogP contribution in [0.1, 0.15) is 63.1 Å². The fourth-order valence-corrected chi connectivity index (χ4v) is 4.71. The molecule has 3 rings (SSSR count). The SMILES string of the molecule is CCNC1CSCC1c1nc(C2CCC(C)CC2)no1. The van der Waals surface area contributed by atoms with E-state index in [-0.39, 0.29) is 0 Å². The maximum atomic E-state index is 5.59. The number of likely N-dealkylation sites (N-methyl/N-ethyl adjacent to an activating group) is 1. The van der Waals surface area contributed by atoms with E-state index in [4.69, 9.17) is 9.51 Å². The summed E-state index contributed by atoms with van der Waals surface area (Å²) in [7, 11) is 0. The van der Waals surface area contributed by atoms with E-state index < -0.39 is 0 Å². The summed E-state index contributed by atoms with van der Waals surface area (Å²) >= 11 is 1.98. The third-order valence-corrected chi connectivity index (χ3v) is 5.89. The lowest BCUT2D eigenvalue weighted by Gasteiger charge is -2.23. The Balaban J connectivity index is 1.67. The van der Waals surface area contributed by atoms with Gasteiger partial charge in [0.15, 0.2) is 5.82 Å². The molecule has 1 N–H and O–H groups in total. The standard InChI is InChI=1S/C15H25N3OS/c1-3-16-13-9-20-8-12(13)15-17-14(18-19-15)11-6-4-10(2)5-7-11/h10-13,16H,3-9H2,1-2H3. The quantitative estimate of drug-likeness (QED) is 0.924. The second kappa shape index (κ2) is 6.48. The highest BCUT2D eigenvalue weighted by Gasteiger charge is 2.34. The van der Waals surface area contributed by atoms with Crippen molar-refractivity contribution in [3.05, 3.63) is 11.7 Å². The molecule has 1 aliphatic carbocycles. The largest absolute Gasteiger partial charge is 0.339 e. The first-order valence-electron chi connectivity index (χ1n) is 7.92. The minimum absolute atomic E-state index is 0.392. The predicted octanol–water partition coefficient (Wildman–Crippen LogP) is 3.17. The highest BCUT2D eigenvalue weighted by atomic mass is 32.2. The van der Waals surface area contributed by atoms with Gasteiger partial charge in [-0.1, -0.05) is 31.8 Å². The number of hydrogen-bond donors (Lipinski definition) is 1. The molecule has 112 valence electrons. The number of nitrogens with one attached hydrogen (secondary N) is 1. The van der Waals surface area contributed by atoms with Gasteiger partial charge in [-0.3, -0.25) is 0 Å². The molecule has 1 saturated heterocycles. The normalized spacial score (nSPS) is 34.5. The third-order valence-electron chi connectivity index (χ3n) is 4.70. The highest BCUT2D eigenvalue weighted by Crippen LogP contribution is 2.36. The molecule has 0 spiro atoms. The van der Waals surface area contributed by atoms with Gasteiger partial charge in [0, 0.05) is 23.5 Å². The van der Waals surface area contributed by atoms with Gasteiger partial charge >= 0.3 is 0 Å². The van der Waals surface area contributed by atoms with Crippen molar-refractivity contribution in [1.29, 1.82) is 0 Å². The van der Waals surface area contributed by atoms with Gasteiger partial charge in [-0.2, -0.15) is 16.7 Å². The zero-order valence-corrected chi connectivity index (χ0v) is 13.3. The lowest BCUT2D eigenvalue weighted by atomic mass is 9.83. The molecule has 0 bridgehead atoms. The summed E-state index contributed by atoms with van der Waals surface area (Å²) in [6, 6.07) is 0.490. The van der Waals surface area contributed by atoms with Crippen molar-refractivity contribution in [2.45, 2.75) is 57.4 Å². The van der Waals surface area contributed by atoms with Gasteiger partial charge in [0.05, 0.1) is 5.92 Å². The molecule has 1 aliphatic heterocycles. The van der Waals surface area contributed by atoms with Crippen molar-refractivity contribution in [2.24, 2.45) is 5.92 Å². The number of nitrogens with zero attached hydrogens (tertiary/aromatic N) is 2. The zero-order chi connectivity index (χ0) is 13.9. The van der Waals surface area contributed by atoms with Crippen LogP contribution in [0.15, 0.2) is 4.52 Å². The van der Waals surface area contributed by atoms with Gasteiger partial charge in [0.2, 0.25) is 5.89 Å². The van der Waals surface area contributed by atoms with E-state index in [1.165, 1.54) is 25.7 Å². The molecule has 2 aliphatic rings. The Labute approximate surface area is 125 Å². The Morgan fingerprint density at radius 3 is 2.80 bits per heavy atom. The smallest absolute Gasteiger partial charge is 0.232 e. The molecule has 5 heteroatoms. The minimum Gasteiger partial charge on any atom is -0.339 e. The van der Waals surface area contributed by atoms with Crippen LogP contribution in [-0.2, 0) is 0 Å². The average molecular weight is 295 g/mol. The average Bonchev–Trinajstić information content (AvgIpc) is 3.08. The fourth-order valence-electron chi connectivity index (χ4n) is 3.34. The Morgan fingerprint density at radius 1 is 1.25 bits per heavy atom. The lowest BCUT2D eigenvalue weighted by molar-refractivity contribution is 0.315. The van der Waals surface area contributed by atoms with Gasteiger partial charge < -0.3 is 9.84 Å². The molecular formula is C15H25N3OS. The summed E-state index contributed by atoms with van der Waals surface area (Å²) < 4.78 is 5.59. The summed E-state index contributed by atoms with van der Waals surface area (Å²) in [5.74, 6) is 5.84. The Morgan fingerprint density at radius 2 is 2.05 bits per heavy atom.